The molecule has 0 aromatic heterocycles. The van der Waals surface area contributed by atoms with E-state index in [1.54, 1.807) is 31.2 Å². The number of halogens is 3. The first-order valence-electron chi connectivity index (χ1n) is 11.0. The topological polar surface area (TPSA) is 89.0 Å². The van der Waals surface area contributed by atoms with Crippen molar-refractivity contribution < 1.29 is 19.1 Å². The Hall–Kier alpha value is -2.69. The van der Waals surface area contributed by atoms with E-state index >= 15 is 0 Å². The number of benzene rings is 3. The minimum Gasteiger partial charge on any atom is -0.490 e. The first kappa shape index (κ1) is 27.9. The SMILES string of the molecule is CCOc1cc(C=NNC(=O)C(C)NC(=O)c2ccccc2Br)cc(Br)c1OCc1ccc(Br)cc1. The van der Waals surface area contributed by atoms with Crippen LogP contribution in [0.2, 0.25) is 0 Å². The summed E-state index contributed by atoms with van der Waals surface area (Å²) in [5, 5.41) is 6.68. The van der Waals surface area contributed by atoms with Crippen molar-refractivity contribution in [2.24, 2.45) is 5.10 Å². The zero-order valence-electron chi connectivity index (χ0n) is 19.6. The molecule has 1 unspecified atom stereocenters. The monoisotopic (exact) mass is 679 g/mol. The second kappa shape index (κ2) is 13.6. The van der Waals surface area contributed by atoms with E-state index in [1.165, 1.54) is 6.21 Å². The molecule has 36 heavy (non-hydrogen) atoms. The van der Waals surface area contributed by atoms with Crippen LogP contribution in [-0.4, -0.2) is 30.7 Å². The summed E-state index contributed by atoms with van der Waals surface area (Å²) in [5.41, 5.74) is 4.60. The summed E-state index contributed by atoms with van der Waals surface area (Å²) in [6, 6.07) is 17.7. The van der Waals surface area contributed by atoms with Crippen LogP contribution in [0.4, 0.5) is 0 Å². The van der Waals surface area contributed by atoms with Crippen LogP contribution in [0.5, 0.6) is 11.5 Å². The van der Waals surface area contributed by atoms with Crippen LogP contribution in [0.1, 0.15) is 35.3 Å². The molecule has 3 aromatic carbocycles. The second-order valence-electron chi connectivity index (χ2n) is 7.59. The first-order valence-corrected chi connectivity index (χ1v) is 13.4. The number of hydrogen-bond donors (Lipinski definition) is 2. The number of nitrogens with zero attached hydrogens (tertiary/aromatic N) is 1. The molecule has 0 fully saturated rings. The number of rotatable bonds is 10. The summed E-state index contributed by atoms with van der Waals surface area (Å²) < 4.78 is 14.1. The highest BCUT2D eigenvalue weighted by atomic mass is 79.9. The van der Waals surface area contributed by atoms with E-state index in [0.717, 1.165) is 10.0 Å². The predicted molar refractivity (Wildman–Crippen MR) is 151 cm³/mol. The van der Waals surface area contributed by atoms with E-state index in [2.05, 4.69) is 63.6 Å². The Kier molecular flexibility index (Phi) is 10.5. The number of hydrogen-bond acceptors (Lipinski definition) is 5. The molecule has 7 nitrogen and oxygen atoms in total. The normalized spacial score (nSPS) is 11.7. The molecule has 188 valence electrons. The fraction of sp³-hybridized carbons (Fsp3) is 0.192. The van der Waals surface area contributed by atoms with Crippen molar-refractivity contribution in [2.75, 3.05) is 6.61 Å². The Balaban J connectivity index is 1.63. The lowest BCUT2D eigenvalue weighted by atomic mass is 10.2. The van der Waals surface area contributed by atoms with Gasteiger partial charge in [0.2, 0.25) is 0 Å². The molecule has 2 amide bonds. The number of carbonyl (C=O) groups excluding carboxylic acids is 2. The molecule has 0 saturated carbocycles. The molecule has 2 N–H and O–H groups in total. The number of hydrazone groups is 1. The second-order valence-corrected chi connectivity index (χ2v) is 10.2. The van der Waals surface area contributed by atoms with Crippen molar-refractivity contribution in [1.82, 2.24) is 10.7 Å². The molecule has 0 spiro atoms. The van der Waals surface area contributed by atoms with E-state index in [9.17, 15) is 9.59 Å². The number of ether oxygens (including phenoxy) is 2. The number of nitrogens with one attached hydrogen (secondary N) is 2. The van der Waals surface area contributed by atoms with E-state index in [1.807, 2.05) is 43.3 Å². The number of amides is 2. The molecule has 0 bridgehead atoms. The van der Waals surface area contributed by atoms with Gasteiger partial charge < -0.3 is 14.8 Å². The lowest BCUT2D eigenvalue weighted by Crippen LogP contribution is -2.43. The van der Waals surface area contributed by atoms with Crippen LogP contribution in [0.15, 0.2) is 79.2 Å². The molecule has 0 aliphatic rings. The van der Waals surface area contributed by atoms with Crippen molar-refractivity contribution in [2.45, 2.75) is 26.5 Å². The average Bonchev–Trinajstić information content (AvgIpc) is 2.85. The fourth-order valence-corrected chi connectivity index (χ4v) is 4.36. The third kappa shape index (κ3) is 7.91. The third-order valence-corrected chi connectivity index (χ3v) is 6.69. The minimum atomic E-state index is -0.790. The van der Waals surface area contributed by atoms with Crippen molar-refractivity contribution >= 4 is 65.8 Å². The average molecular weight is 682 g/mol. The molecule has 0 aliphatic carbocycles. The van der Waals surface area contributed by atoms with Gasteiger partial charge in [0.1, 0.15) is 12.6 Å². The van der Waals surface area contributed by atoms with Gasteiger partial charge in [-0.1, -0.05) is 40.2 Å². The van der Waals surface area contributed by atoms with Gasteiger partial charge in [-0.15, -0.1) is 0 Å². The van der Waals surface area contributed by atoms with Gasteiger partial charge in [-0.3, -0.25) is 9.59 Å². The largest absolute Gasteiger partial charge is 0.490 e. The molecule has 10 heteroatoms. The lowest BCUT2D eigenvalue weighted by molar-refractivity contribution is -0.122. The van der Waals surface area contributed by atoms with Crippen LogP contribution < -0.4 is 20.2 Å². The molecule has 1 atom stereocenters. The van der Waals surface area contributed by atoms with Gasteiger partial charge in [-0.05, 0) is 93.2 Å². The summed E-state index contributed by atoms with van der Waals surface area (Å²) in [6.07, 6.45) is 1.49. The van der Waals surface area contributed by atoms with Gasteiger partial charge >= 0.3 is 0 Å². The zero-order chi connectivity index (χ0) is 26.1. The van der Waals surface area contributed by atoms with Crippen LogP contribution in [0.3, 0.4) is 0 Å². The van der Waals surface area contributed by atoms with Gasteiger partial charge in [0.05, 0.1) is 22.9 Å². The Morgan fingerprint density at radius 2 is 1.72 bits per heavy atom. The van der Waals surface area contributed by atoms with Crippen LogP contribution in [0.25, 0.3) is 0 Å². The molecular formula is C26H24Br3N3O4. The smallest absolute Gasteiger partial charge is 0.262 e. The highest BCUT2D eigenvalue weighted by Crippen LogP contribution is 2.37. The van der Waals surface area contributed by atoms with Gasteiger partial charge in [0.15, 0.2) is 11.5 Å². The highest BCUT2D eigenvalue weighted by molar-refractivity contribution is 9.11. The Bertz CT molecular complexity index is 1250. The molecule has 3 aromatic rings. The summed E-state index contributed by atoms with van der Waals surface area (Å²) in [5.74, 6) is 0.304. The molecule has 0 radical (unpaired) electrons. The summed E-state index contributed by atoms with van der Waals surface area (Å²) in [7, 11) is 0. The first-order chi connectivity index (χ1) is 17.3. The van der Waals surface area contributed by atoms with E-state index < -0.39 is 11.9 Å². The molecule has 0 heterocycles. The standard InChI is InChI=1S/C26H24Br3N3O4/c1-3-35-23-13-18(12-22(29)24(23)36-15-17-8-10-19(27)11-9-17)14-30-32-25(33)16(2)31-26(34)20-6-4-5-7-21(20)28/h4-14,16H,3,15H2,1-2H3,(H,31,34)(H,32,33). The van der Waals surface area contributed by atoms with Gasteiger partial charge in [0.25, 0.3) is 11.8 Å². The van der Waals surface area contributed by atoms with Gasteiger partial charge in [0, 0.05) is 8.95 Å². The van der Waals surface area contributed by atoms with Crippen LogP contribution in [-0.2, 0) is 11.4 Å². The molecule has 0 aliphatic heterocycles. The van der Waals surface area contributed by atoms with Crippen LogP contribution in [0, 0.1) is 0 Å². The lowest BCUT2D eigenvalue weighted by Gasteiger charge is -2.15. The van der Waals surface area contributed by atoms with Gasteiger partial charge in [-0.25, -0.2) is 5.43 Å². The maximum absolute atomic E-state index is 12.4. The minimum absolute atomic E-state index is 0.363. The van der Waals surface area contributed by atoms with Crippen molar-refractivity contribution in [3.63, 3.8) is 0 Å². The summed E-state index contributed by atoms with van der Waals surface area (Å²) in [4.78, 5) is 24.8. The van der Waals surface area contributed by atoms with Gasteiger partial charge in [-0.2, -0.15) is 5.10 Å². The third-order valence-electron chi connectivity index (χ3n) is 4.88. The van der Waals surface area contributed by atoms with E-state index in [4.69, 9.17) is 9.47 Å². The highest BCUT2D eigenvalue weighted by Gasteiger charge is 2.18. The predicted octanol–water partition coefficient (Wildman–Crippen LogP) is 6.22. The van der Waals surface area contributed by atoms with Crippen molar-refractivity contribution in [3.05, 3.63) is 90.8 Å². The Morgan fingerprint density at radius 1 is 1.00 bits per heavy atom. The van der Waals surface area contributed by atoms with E-state index in [0.29, 0.717) is 44.8 Å². The van der Waals surface area contributed by atoms with E-state index in [-0.39, 0.29) is 5.91 Å². The number of carbonyl (C=O) groups is 2. The summed E-state index contributed by atoms with van der Waals surface area (Å²) >= 11 is 10.3. The molecule has 3 rings (SSSR count). The fourth-order valence-electron chi connectivity index (χ4n) is 3.05. The maximum Gasteiger partial charge on any atom is 0.262 e. The summed E-state index contributed by atoms with van der Waals surface area (Å²) in [6.45, 7) is 4.30. The maximum atomic E-state index is 12.4. The van der Waals surface area contributed by atoms with Crippen LogP contribution >= 0.6 is 47.8 Å². The molecule has 0 saturated heterocycles. The van der Waals surface area contributed by atoms with Crippen molar-refractivity contribution in [1.29, 1.82) is 0 Å². The zero-order valence-corrected chi connectivity index (χ0v) is 24.3. The Labute approximate surface area is 235 Å². The Morgan fingerprint density at radius 3 is 2.42 bits per heavy atom. The quantitative estimate of drug-likeness (QED) is 0.197. The molecular weight excluding hydrogens is 658 g/mol. The van der Waals surface area contributed by atoms with Crippen molar-refractivity contribution in [3.8, 4) is 11.5 Å².